The Morgan fingerprint density at radius 1 is 1.12 bits per heavy atom. The molecule has 0 saturated carbocycles. The van der Waals surface area contributed by atoms with Crippen LogP contribution >= 0.6 is 11.3 Å². The van der Waals surface area contributed by atoms with Gasteiger partial charge in [0.15, 0.2) is 5.13 Å². The number of furan rings is 1. The minimum absolute atomic E-state index is 0.122. The summed E-state index contributed by atoms with van der Waals surface area (Å²) in [6.07, 6.45) is 4.01. The van der Waals surface area contributed by atoms with Crippen LogP contribution in [0, 0.1) is 5.82 Å². The Hall–Kier alpha value is -3.49. The second-order valence-electron chi connectivity index (χ2n) is 7.49. The molecular formula is C25H24FN3O3S. The van der Waals surface area contributed by atoms with Crippen molar-refractivity contribution >= 4 is 22.4 Å². The minimum Gasteiger partial charge on any atom is -0.489 e. The average Bonchev–Trinajstić information content (AvgIpc) is 3.51. The molecule has 0 aliphatic rings. The van der Waals surface area contributed by atoms with Crippen LogP contribution in [0.1, 0.15) is 16.9 Å². The molecule has 4 rings (SSSR count). The number of amides is 1. The molecule has 0 saturated heterocycles. The number of nitrogens with zero attached hydrogens (tertiary/aromatic N) is 2. The molecule has 0 spiro atoms. The van der Waals surface area contributed by atoms with E-state index in [1.54, 1.807) is 18.5 Å². The van der Waals surface area contributed by atoms with Crippen molar-refractivity contribution in [2.45, 2.75) is 19.6 Å². The number of anilines is 1. The van der Waals surface area contributed by atoms with Gasteiger partial charge >= 0.3 is 0 Å². The first kappa shape index (κ1) is 22.7. The molecule has 0 unspecified atom stereocenters. The molecule has 0 atom stereocenters. The summed E-state index contributed by atoms with van der Waals surface area (Å²) in [6, 6.07) is 17.9. The van der Waals surface area contributed by atoms with E-state index in [0.717, 1.165) is 29.1 Å². The van der Waals surface area contributed by atoms with Crippen LogP contribution in [0.25, 0.3) is 0 Å². The third kappa shape index (κ3) is 7.27. The van der Waals surface area contributed by atoms with Gasteiger partial charge in [0.1, 0.15) is 23.9 Å². The van der Waals surface area contributed by atoms with E-state index in [2.05, 4.69) is 10.3 Å². The van der Waals surface area contributed by atoms with E-state index in [-0.39, 0.29) is 18.3 Å². The third-order valence-corrected chi connectivity index (χ3v) is 5.60. The van der Waals surface area contributed by atoms with Gasteiger partial charge in [-0.3, -0.25) is 9.69 Å². The van der Waals surface area contributed by atoms with Crippen LogP contribution in [0.4, 0.5) is 9.52 Å². The van der Waals surface area contributed by atoms with Gasteiger partial charge in [0.2, 0.25) is 5.91 Å². The highest BCUT2D eigenvalue weighted by Crippen LogP contribution is 2.17. The molecule has 6 nitrogen and oxygen atoms in total. The quantitative estimate of drug-likeness (QED) is 0.332. The first-order valence-electron chi connectivity index (χ1n) is 10.5. The number of aromatic nitrogens is 1. The largest absolute Gasteiger partial charge is 0.489 e. The number of nitrogens with one attached hydrogen (secondary N) is 1. The van der Waals surface area contributed by atoms with Crippen LogP contribution in [0.5, 0.6) is 5.75 Å². The Kier molecular flexibility index (Phi) is 7.84. The van der Waals surface area contributed by atoms with Crippen LogP contribution in [0.2, 0.25) is 0 Å². The van der Waals surface area contributed by atoms with Gasteiger partial charge in [0, 0.05) is 18.1 Å². The molecule has 2 aromatic carbocycles. The minimum atomic E-state index is -0.277. The number of hydrogen-bond donors (Lipinski definition) is 1. The number of thiazole rings is 1. The second-order valence-corrected chi connectivity index (χ2v) is 8.39. The lowest BCUT2D eigenvalue weighted by atomic mass is 10.1. The van der Waals surface area contributed by atoms with Crippen molar-refractivity contribution in [3.63, 3.8) is 0 Å². The molecule has 1 N–H and O–H groups in total. The molecule has 0 aliphatic heterocycles. The van der Waals surface area contributed by atoms with Gasteiger partial charge in [0.05, 0.1) is 19.4 Å². The van der Waals surface area contributed by atoms with Crippen LogP contribution in [-0.2, 0) is 24.4 Å². The highest BCUT2D eigenvalue weighted by molar-refractivity contribution is 7.13. The summed E-state index contributed by atoms with van der Waals surface area (Å²) in [5.74, 6) is 1.11. The van der Waals surface area contributed by atoms with Gasteiger partial charge in [-0.25, -0.2) is 9.37 Å². The van der Waals surface area contributed by atoms with E-state index in [9.17, 15) is 9.18 Å². The van der Waals surface area contributed by atoms with E-state index in [1.165, 1.54) is 23.5 Å². The molecule has 170 valence electrons. The molecule has 2 heterocycles. The summed E-state index contributed by atoms with van der Waals surface area (Å²) in [6.45, 7) is 1.69. The summed E-state index contributed by atoms with van der Waals surface area (Å²) in [5.41, 5.74) is 1.85. The summed E-state index contributed by atoms with van der Waals surface area (Å²) in [5, 5.41) is 5.23. The molecule has 0 fully saturated rings. The van der Waals surface area contributed by atoms with E-state index in [1.807, 2.05) is 52.7 Å². The zero-order chi connectivity index (χ0) is 22.9. The number of hydrogen-bond acceptors (Lipinski definition) is 6. The molecule has 0 bridgehead atoms. The van der Waals surface area contributed by atoms with Crippen LogP contribution in [0.3, 0.4) is 0 Å². The fourth-order valence-electron chi connectivity index (χ4n) is 3.36. The molecule has 33 heavy (non-hydrogen) atoms. The predicted molar refractivity (Wildman–Crippen MR) is 126 cm³/mol. The molecule has 2 aromatic heterocycles. The normalized spacial score (nSPS) is 11.0. The summed E-state index contributed by atoms with van der Waals surface area (Å²) in [4.78, 5) is 18.6. The number of ether oxygens (including phenoxy) is 1. The van der Waals surface area contributed by atoms with Gasteiger partial charge in [0.25, 0.3) is 0 Å². The van der Waals surface area contributed by atoms with Gasteiger partial charge < -0.3 is 14.5 Å². The number of halogens is 1. The smallest absolute Gasteiger partial charge is 0.240 e. The summed E-state index contributed by atoms with van der Waals surface area (Å²) < 4.78 is 24.7. The molecular weight excluding hydrogens is 441 g/mol. The zero-order valence-corrected chi connectivity index (χ0v) is 18.8. The maximum atomic E-state index is 13.4. The van der Waals surface area contributed by atoms with Crippen molar-refractivity contribution < 1.29 is 18.3 Å². The van der Waals surface area contributed by atoms with E-state index >= 15 is 0 Å². The Morgan fingerprint density at radius 2 is 2.00 bits per heavy atom. The van der Waals surface area contributed by atoms with Crippen LogP contribution in [0.15, 0.2) is 82.9 Å². The fourth-order valence-corrected chi connectivity index (χ4v) is 3.90. The average molecular weight is 466 g/mol. The molecule has 4 aromatic rings. The third-order valence-electron chi connectivity index (χ3n) is 4.92. The second kappa shape index (κ2) is 11.4. The molecule has 0 radical (unpaired) electrons. The summed E-state index contributed by atoms with van der Waals surface area (Å²) in [7, 11) is 0. The van der Waals surface area contributed by atoms with Gasteiger partial charge in [-0.15, -0.1) is 11.3 Å². The van der Waals surface area contributed by atoms with Crippen LogP contribution in [-0.4, -0.2) is 28.9 Å². The Labute approximate surface area is 195 Å². The number of rotatable bonds is 11. The first-order chi connectivity index (χ1) is 16.1. The lowest BCUT2D eigenvalue weighted by molar-refractivity contribution is -0.117. The van der Waals surface area contributed by atoms with E-state index < -0.39 is 0 Å². The SMILES string of the molecule is O=C(CN(CCc1cccc(OCc2cccc(F)c2)c1)Cc1ccco1)Nc1nccs1. The zero-order valence-electron chi connectivity index (χ0n) is 17.9. The van der Waals surface area contributed by atoms with Gasteiger partial charge in [-0.05, 0) is 53.9 Å². The van der Waals surface area contributed by atoms with Crippen molar-refractivity contribution in [1.82, 2.24) is 9.88 Å². The van der Waals surface area contributed by atoms with E-state index in [4.69, 9.17) is 9.15 Å². The van der Waals surface area contributed by atoms with Crippen molar-refractivity contribution in [2.24, 2.45) is 0 Å². The summed E-state index contributed by atoms with van der Waals surface area (Å²) >= 11 is 1.38. The first-order valence-corrected chi connectivity index (χ1v) is 11.4. The molecule has 0 aliphatic carbocycles. The van der Waals surface area contributed by atoms with Crippen molar-refractivity contribution in [2.75, 3.05) is 18.4 Å². The van der Waals surface area contributed by atoms with Crippen molar-refractivity contribution in [3.8, 4) is 5.75 Å². The molecule has 1 amide bonds. The molecule has 8 heteroatoms. The van der Waals surface area contributed by atoms with E-state index in [0.29, 0.717) is 24.8 Å². The topological polar surface area (TPSA) is 67.6 Å². The van der Waals surface area contributed by atoms with Gasteiger partial charge in [-0.2, -0.15) is 0 Å². The maximum absolute atomic E-state index is 13.4. The number of benzene rings is 2. The Balaban J connectivity index is 1.35. The fraction of sp³-hybridized carbons (Fsp3) is 0.200. The number of carbonyl (C=O) groups excluding carboxylic acids is 1. The Bertz CT molecular complexity index is 1150. The van der Waals surface area contributed by atoms with Gasteiger partial charge in [-0.1, -0.05) is 24.3 Å². The highest BCUT2D eigenvalue weighted by atomic mass is 32.1. The monoisotopic (exact) mass is 465 g/mol. The number of carbonyl (C=O) groups is 1. The Morgan fingerprint density at radius 3 is 2.79 bits per heavy atom. The standard InChI is InChI=1S/C25H24FN3O3S/c26-21-6-1-5-20(14-21)18-32-22-7-2-4-19(15-22)9-11-29(16-23-8-3-12-31-23)17-24(30)28-25-27-10-13-33-25/h1-8,10,12-15H,9,11,16-18H2,(H,27,28,30). The van der Waals surface area contributed by atoms with Crippen LogP contribution < -0.4 is 10.1 Å². The lowest BCUT2D eigenvalue weighted by Gasteiger charge is -2.20. The highest BCUT2D eigenvalue weighted by Gasteiger charge is 2.14. The van der Waals surface area contributed by atoms with Crippen molar-refractivity contribution in [3.05, 3.63) is 101 Å². The van der Waals surface area contributed by atoms with Crippen molar-refractivity contribution in [1.29, 1.82) is 0 Å². The predicted octanol–water partition coefficient (Wildman–Crippen LogP) is 5.14. The lowest BCUT2D eigenvalue weighted by Crippen LogP contribution is -2.34. The maximum Gasteiger partial charge on any atom is 0.240 e.